The number of carbonyl (C=O) groups is 1. The number of imidazole rings is 1. The van der Waals surface area contributed by atoms with Crippen LogP contribution in [0.1, 0.15) is 26.3 Å². The molecular formula is C24H25F3N10O3. The van der Waals surface area contributed by atoms with E-state index in [1.54, 1.807) is 13.8 Å². The zero-order valence-electron chi connectivity index (χ0n) is 21.9. The minimum atomic E-state index is -4.40. The topological polar surface area (TPSA) is 146 Å². The largest absolute Gasteiger partial charge is 0.408 e. The molecule has 210 valence electrons. The van der Waals surface area contributed by atoms with Gasteiger partial charge in [-0.2, -0.15) is 13.2 Å². The maximum absolute atomic E-state index is 13.5. The molecule has 4 aromatic heterocycles. The molecule has 0 aliphatic carbocycles. The monoisotopic (exact) mass is 558 g/mol. The lowest BCUT2D eigenvalue weighted by Crippen LogP contribution is -2.42. The standard InChI is InChI=1S/C24H25F3N10O3/c1-12-7-15(24(25,26)27)36(10-12)22-29-8-14(9-30-22)18-28-6-5-16(32-18)33-20(38)13(2)37-11-31-19-17(37)21(39)35(4)23(40)34(19)3/h5-6,8-9,11-13,15H,7,10H2,1-4H3,(H,28,32,33,38)/t12?,13-,15-/m1/s1. The van der Waals surface area contributed by atoms with Gasteiger partial charge in [-0.05, 0) is 25.3 Å². The molecule has 13 nitrogen and oxygen atoms in total. The predicted molar refractivity (Wildman–Crippen MR) is 138 cm³/mol. The molecule has 1 unspecified atom stereocenters. The second kappa shape index (κ2) is 9.84. The van der Waals surface area contributed by atoms with E-state index in [1.165, 1.54) is 54.2 Å². The van der Waals surface area contributed by atoms with Crippen molar-refractivity contribution in [3.63, 3.8) is 0 Å². The number of fused-ring (bicyclic) bond motifs is 1. The van der Waals surface area contributed by atoms with E-state index in [2.05, 4.69) is 30.2 Å². The number of hydrogen-bond acceptors (Lipinski definition) is 9. The fourth-order valence-electron chi connectivity index (χ4n) is 4.74. The summed E-state index contributed by atoms with van der Waals surface area (Å²) in [5, 5.41) is 2.66. The van der Waals surface area contributed by atoms with Crippen LogP contribution in [0, 0.1) is 5.92 Å². The highest BCUT2D eigenvalue weighted by atomic mass is 19.4. The first-order valence-electron chi connectivity index (χ1n) is 12.3. The van der Waals surface area contributed by atoms with Crippen LogP contribution < -0.4 is 21.5 Å². The Kier molecular flexibility index (Phi) is 6.63. The van der Waals surface area contributed by atoms with Gasteiger partial charge in [-0.3, -0.25) is 18.7 Å². The van der Waals surface area contributed by atoms with E-state index in [0.29, 0.717) is 5.56 Å². The van der Waals surface area contributed by atoms with Crippen LogP contribution in [0.25, 0.3) is 22.6 Å². The van der Waals surface area contributed by atoms with E-state index in [4.69, 9.17) is 0 Å². The van der Waals surface area contributed by atoms with Gasteiger partial charge in [0.2, 0.25) is 11.9 Å². The van der Waals surface area contributed by atoms with Gasteiger partial charge in [0.15, 0.2) is 17.0 Å². The van der Waals surface area contributed by atoms with E-state index in [0.717, 1.165) is 9.47 Å². The number of aromatic nitrogens is 8. The molecular weight excluding hydrogens is 533 g/mol. The van der Waals surface area contributed by atoms with Crippen molar-refractivity contribution >= 4 is 28.8 Å². The van der Waals surface area contributed by atoms with E-state index < -0.39 is 35.4 Å². The van der Waals surface area contributed by atoms with E-state index in [-0.39, 0.29) is 47.6 Å². The van der Waals surface area contributed by atoms with Gasteiger partial charge in [0.05, 0.1) is 11.9 Å². The van der Waals surface area contributed by atoms with Crippen LogP contribution >= 0.6 is 0 Å². The number of rotatable bonds is 5. The number of nitrogens with zero attached hydrogens (tertiary/aromatic N) is 9. The first-order valence-corrected chi connectivity index (χ1v) is 12.3. The van der Waals surface area contributed by atoms with Crippen LogP contribution in [0.2, 0.25) is 0 Å². The van der Waals surface area contributed by atoms with Gasteiger partial charge >= 0.3 is 11.9 Å². The Labute approximate surface area is 224 Å². The highest BCUT2D eigenvalue weighted by Crippen LogP contribution is 2.37. The number of anilines is 2. The van der Waals surface area contributed by atoms with Crippen molar-refractivity contribution in [2.45, 2.75) is 38.5 Å². The molecule has 40 heavy (non-hydrogen) atoms. The summed E-state index contributed by atoms with van der Waals surface area (Å²) in [6, 6.07) is -1.10. The van der Waals surface area contributed by atoms with Crippen LogP contribution in [0.3, 0.4) is 0 Å². The molecule has 5 heterocycles. The van der Waals surface area contributed by atoms with Gasteiger partial charge < -0.3 is 14.8 Å². The molecule has 0 bridgehead atoms. The lowest BCUT2D eigenvalue weighted by Gasteiger charge is -2.26. The number of amides is 1. The van der Waals surface area contributed by atoms with Gasteiger partial charge in [-0.25, -0.2) is 29.7 Å². The van der Waals surface area contributed by atoms with Gasteiger partial charge in [-0.1, -0.05) is 6.92 Å². The summed E-state index contributed by atoms with van der Waals surface area (Å²) in [4.78, 5) is 60.0. The van der Waals surface area contributed by atoms with Crippen molar-refractivity contribution < 1.29 is 18.0 Å². The summed E-state index contributed by atoms with van der Waals surface area (Å²) in [6.07, 6.45) is 0.951. The summed E-state index contributed by atoms with van der Waals surface area (Å²) in [6.45, 7) is 3.50. The van der Waals surface area contributed by atoms with Gasteiger partial charge in [-0.15, -0.1) is 0 Å². The lowest BCUT2D eigenvalue weighted by molar-refractivity contribution is -0.146. The normalized spacial score (nSPS) is 18.3. The number of carbonyl (C=O) groups excluding carboxylic acids is 1. The Balaban J connectivity index is 1.36. The summed E-state index contributed by atoms with van der Waals surface area (Å²) in [5.74, 6) is -0.425. The quantitative estimate of drug-likeness (QED) is 0.386. The molecule has 1 saturated heterocycles. The van der Waals surface area contributed by atoms with Crippen LogP contribution in [0.15, 0.2) is 40.6 Å². The second-order valence-corrected chi connectivity index (χ2v) is 9.78. The highest BCUT2D eigenvalue weighted by molar-refractivity contribution is 5.93. The molecule has 1 aliphatic heterocycles. The Hall–Kier alpha value is -4.63. The van der Waals surface area contributed by atoms with Crippen molar-refractivity contribution in [1.29, 1.82) is 0 Å². The zero-order valence-corrected chi connectivity index (χ0v) is 21.9. The summed E-state index contributed by atoms with van der Waals surface area (Å²) >= 11 is 0. The number of nitrogens with one attached hydrogen (secondary N) is 1. The van der Waals surface area contributed by atoms with E-state index in [1.807, 2.05) is 0 Å². The number of alkyl halides is 3. The molecule has 3 atom stereocenters. The fraction of sp³-hybridized carbons (Fsp3) is 0.417. The second-order valence-electron chi connectivity index (χ2n) is 9.78. The van der Waals surface area contributed by atoms with Crippen molar-refractivity contribution in [3.8, 4) is 11.4 Å². The number of aryl methyl sites for hydroxylation is 1. The number of hydrogen-bond donors (Lipinski definition) is 1. The van der Waals surface area contributed by atoms with Crippen LogP contribution in [0.5, 0.6) is 0 Å². The van der Waals surface area contributed by atoms with Crippen LogP contribution in [-0.4, -0.2) is 63.3 Å². The predicted octanol–water partition coefficient (Wildman–Crippen LogP) is 1.66. The minimum absolute atomic E-state index is 0.0283. The third kappa shape index (κ3) is 4.69. The third-order valence-corrected chi connectivity index (χ3v) is 6.92. The summed E-state index contributed by atoms with van der Waals surface area (Å²) in [5.41, 5.74) is -0.555. The van der Waals surface area contributed by atoms with E-state index >= 15 is 0 Å². The molecule has 1 fully saturated rings. The van der Waals surface area contributed by atoms with Crippen molar-refractivity contribution in [2.24, 2.45) is 20.0 Å². The van der Waals surface area contributed by atoms with Crippen molar-refractivity contribution in [1.82, 2.24) is 38.6 Å². The van der Waals surface area contributed by atoms with Gasteiger partial charge in [0.1, 0.15) is 17.9 Å². The Morgan fingerprint density at radius 1 is 1.10 bits per heavy atom. The maximum Gasteiger partial charge on any atom is 0.408 e. The molecule has 5 rings (SSSR count). The first-order chi connectivity index (χ1) is 18.9. The molecule has 1 aliphatic rings. The fourth-order valence-corrected chi connectivity index (χ4v) is 4.74. The average molecular weight is 559 g/mol. The highest BCUT2D eigenvalue weighted by Gasteiger charge is 2.49. The lowest BCUT2D eigenvalue weighted by atomic mass is 10.1. The SMILES string of the molecule is CC1C[C@H](C(F)(F)F)N(c2ncc(-c3nccc(NC(=O)[C@@H](C)n4cnc5c4c(=O)n(C)c(=O)n5C)n3)cn2)C1. The average Bonchev–Trinajstić information content (AvgIpc) is 3.55. The van der Waals surface area contributed by atoms with E-state index in [9.17, 15) is 27.6 Å². The maximum atomic E-state index is 13.5. The van der Waals surface area contributed by atoms with Crippen LogP contribution in [0.4, 0.5) is 24.9 Å². The molecule has 0 spiro atoms. The summed E-state index contributed by atoms with van der Waals surface area (Å²) < 4.78 is 43.9. The Morgan fingerprint density at radius 2 is 1.80 bits per heavy atom. The zero-order chi connectivity index (χ0) is 28.9. The molecule has 0 radical (unpaired) electrons. The Morgan fingerprint density at radius 3 is 2.48 bits per heavy atom. The third-order valence-electron chi connectivity index (χ3n) is 6.92. The Bertz CT molecular complexity index is 1710. The summed E-state index contributed by atoms with van der Waals surface area (Å²) in [7, 11) is 2.82. The molecule has 0 saturated carbocycles. The molecule has 16 heteroatoms. The molecule has 1 N–H and O–H groups in total. The van der Waals surface area contributed by atoms with Gasteiger partial charge in [0.25, 0.3) is 5.56 Å². The van der Waals surface area contributed by atoms with Gasteiger partial charge in [0, 0.05) is 39.2 Å². The smallest absolute Gasteiger partial charge is 0.328 e. The molecule has 4 aromatic rings. The van der Waals surface area contributed by atoms with Crippen molar-refractivity contribution in [2.75, 3.05) is 16.8 Å². The first kappa shape index (κ1) is 27.0. The molecule has 1 amide bonds. The van der Waals surface area contributed by atoms with Crippen LogP contribution in [-0.2, 0) is 18.9 Å². The number of halogens is 3. The molecule has 0 aromatic carbocycles. The minimum Gasteiger partial charge on any atom is -0.328 e. The van der Waals surface area contributed by atoms with Crippen molar-refractivity contribution in [3.05, 3.63) is 51.8 Å².